The number of anilines is 2. The van der Waals surface area contributed by atoms with Gasteiger partial charge in [-0.05, 0) is 50.6 Å². The van der Waals surface area contributed by atoms with E-state index in [-0.39, 0.29) is 23.2 Å². The summed E-state index contributed by atoms with van der Waals surface area (Å²) in [5.74, 6) is 0.192. The third kappa shape index (κ3) is 4.46. The molecule has 146 valence electrons. The molecule has 1 aliphatic heterocycles. The smallest absolute Gasteiger partial charge is 0.274 e. The number of amides is 1. The van der Waals surface area contributed by atoms with Crippen molar-refractivity contribution in [2.24, 2.45) is 0 Å². The number of rotatable bonds is 5. The van der Waals surface area contributed by atoms with E-state index < -0.39 is 15.7 Å². The van der Waals surface area contributed by atoms with Crippen LogP contribution >= 0.6 is 0 Å². The summed E-state index contributed by atoms with van der Waals surface area (Å²) in [6, 6.07) is 9.95. The molecule has 0 radical (unpaired) electrons. The van der Waals surface area contributed by atoms with Crippen molar-refractivity contribution < 1.29 is 13.2 Å². The Morgan fingerprint density at radius 2 is 2.04 bits per heavy atom. The molecule has 9 heteroatoms. The van der Waals surface area contributed by atoms with E-state index in [1.165, 1.54) is 0 Å². The van der Waals surface area contributed by atoms with Crippen LogP contribution in [0.25, 0.3) is 0 Å². The lowest BCUT2D eigenvalue weighted by molar-refractivity contribution is 0.102. The first kappa shape index (κ1) is 19.8. The van der Waals surface area contributed by atoms with E-state index in [1.54, 1.807) is 37.3 Å². The summed E-state index contributed by atoms with van der Waals surface area (Å²) in [6.45, 7) is 4.22. The molecule has 1 amide bonds. The third-order valence-corrected chi connectivity index (χ3v) is 6.34. The van der Waals surface area contributed by atoms with E-state index in [1.807, 2.05) is 17.9 Å². The molecule has 1 fully saturated rings. The molecule has 1 aromatic carbocycles. The highest BCUT2D eigenvalue weighted by Crippen LogP contribution is 2.22. The van der Waals surface area contributed by atoms with E-state index in [4.69, 9.17) is 5.26 Å². The third-order valence-electron chi connectivity index (χ3n) is 4.59. The van der Waals surface area contributed by atoms with Crippen LogP contribution in [0, 0.1) is 18.3 Å². The molecular weight excluding hydrogens is 378 g/mol. The Labute approximate surface area is 164 Å². The summed E-state index contributed by atoms with van der Waals surface area (Å²) >= 11 is 0. The van der Waals surface area contributed by atoms with Crippen molar-refractivity contribution in [3.63, 3.8) is 0 Å². The van der Waals surface area contributed by atoms with Crippen molar-refractivity contribution in [3.05, 3.63) is 47.3 Å². The fraction of sp³-hybridized carbons (Fsp3) is 0.368. The Morgan fingerprint density at radius 1 is 1.32 bits per heavy atom. The van der Waals surface area contributed by atoms with Gasteiger partial charge in [-0.2, -0.15) is 5.26 Å². The fourth-order valence-corrected chi connectivity index (χ4v) is 4.94. The number of nitrogens with zero attached hydrogens (tertiary/aromatic N) is 4. The van der Waals surface area contributed by atoms with Gasteiger partial charge in [0, 0.05) is 24.0 Å². The second-order valence-corrected chi connectivity index (χ2v) is 8.91. The molecule has 1 aromatic heterocycles. The maximum Gasteiger partial charge on any atom is 0.274 e. The minimum atomic E-state index is -3.04. The number of aryl methyl sites for hydroxylation is 1. The maximum absolute atomic E-state index is 12.6. The Bertz CT molecular complexity index is 1030. The van der Waals surface area contributed by atoms with Gasteiger partial charge in [0.25, 0.3) is 5.91 Å². The molecule has 8 nitrogen and oxygen atoms in total. The zero-order valence-corrected chi connectivity index (χ0v) is 16.5. The topological polar surface area (TPSA) is 116 Å². The van der Waals surface area contributed by atoms with E-state index in [0.717, 1.165) is 0 Å². The van der Waals surface area contributed by atoms with Crippen LogP contribution in [0.2, 0.25) is 0 Å². The van der Waals surface area contributed by atoms with E-state index in [2.05, 4.69) is 15.3 Å². The highest BCUT2D eigenvalue weighted by Gasteiger charge is 2.33. The number of carbonyl (C=O) groups is 1. The predicted octanol–water partition coefficient (Wildman–Crippen LogP) is 1.92. The first-order chi connectivity index (χ1) is 13.3. The van der Waals surface area contributed by atoms with Crippen molar-refractivity contribution >= 4 is 27.4 Å². The Kier molecular flexibility index (Phi) is 5.61. The summed E-state index contributed by atoms with van der Waals surface area (Å²) < 4.78 is 23.7. The number of benzene rings is 1. The number of hydrogen-bond donors (Lipinski definition) is 1. The normalized spacial score (nSPS) is 17.7. The molecule has 0 spiro atoms. The van der Waals surface area contributed by atoms with Crippen LogP contribution in [0.3, 0.4) is 0 Å². The van der Waals surface area contributed by atoms with Gasteiger partial charge >= 0.3 is 0 Å². The maximum atomic E-state index is 12.6. The van der Waals surface area contributed by atoms with Gasteiger partial charge in [-0.15, -0.1) is 0 Å². The van der Waals surface area contributed by atoms with Crippen LogP contribution in [-0.4, -0.2) is 48.4 Å². The molecule has 1 unspecified atom stereocenters. The number of carbonyl (C=O) groups excluding carboxylic acids is 1. The van der Waals surface area contributed by atoms with Crippen molar-refractivity contribution in [1.82, 2.24) is 9.97 Å². The Hall–Kier alpha value is -2.99. The van der Waals surface area contributed by atoms with Crippen LogP contribution in [0.15, 0.2) is 30.3 Å². The molecule has 1 saturated heterocycles. The number of hydrogen-bond acceptors (Lipinski definition) is 7. The summed E-state index contributed by atoms with van der Waals surface area (Å²) in [4.78, 5) is 23.3. The zero-order chi connectivity index (χ0) is 20.3. The van der Waals surface area contributed by atoms with E-state index in [9.17, 15) is 13.2 Å². The van der Waals surface area contributed by atoms with Crippen molar-refractivity contribution in [2.45, 2.75) is 26.3 Å². The quantitative estimate of drug-likeness (QED) is 0.816. The molecule has 0 bridgehead atoms. The molecule has 0 aliphatic carbocycles. The second kappa shape index (κ2) is 7.94. The van der Waals surface area contributed by atoms with Crippen LogP contribution in [0.5, 0.6) is 0 Å². The summed E-state index contributed by atoms with van der Waals surface area (Å²) in [5.41, 5.74) is 1.87. The SMILES string of the molecule is CCN(c1nc(C)cc(C(=O)Nc2ccc(C#N)cc2)n1)C1CCS(=O)(=O)C1. The molecule has 3 rings (SSSR count). The molecule has 2 heterocycles. The van der Waals surface area contributed by atoms with Crippen LogP contribution < -0.4 is 10.2 Å². The lowest BCUT2D eigenvalue weighted by Crippen LogP contribution is -2.37. The van der Waals surface area contributed by atoms with Gasteiger partial charge < -0.3 is 10.2 Å². The molecule has 1 N–H and O–H groups in total. The predicted molar refractivity (Wildman–Crippen MR) is 106 cm³/mol. The number of sulfone groups is 1. The highest BCUT2D eigenvalue weighted by atomic mass is 32.2. The Morgan fingerprint density at radius 3 is 2.61 bits per heavy atom. The van der Waals surface area contributed by atoms with Gasteiger partial charge in [0.1, 0.15) is 5.69 Å². The first-order valence-corrected chi connectivity index (χ1v) is 10.8. The molecular formula is C19H21N5O3S. The molecule has 1 atom stereocenters. The number of nitrogens with one attached hydrogen (secondary N) is 1. The first-order valence-electron chi connectivity index (χ1n) is 8.95. The lowest BCUT2D eigenvalue weighted by Gasteiger charge is -2.27. The molecule has 28 heavy (non-hydrogen) atoms. The van der Waals surface area contributed by atoms with Crippen molar-refractivity contribution in [3.8, 4) is 6.07 Å². The molecule has 1 aliphatic rings. The minimum Gasteiger partial charge on any atom is -0.337 e. The largest absolute Gasteiger partial charge is 0.337 e. The molecule has 2 aromatic rings. The van der Waals surface area contributed by atoms with Gasteiger partial charge in [0.05, 0.1) is 23.1 Å². The van der Waals surface area contributed by atoms with Gasteiger partial charge in [0.2, 0.25) is 5.95 Å². The average Bonchev–Trinajstić information content (AvgIpc) is 3.02. The van der Waals surface area contributed by atoms with Crippen molar-refractivity contribution in [2.75, 3.05) is 28.3 Å². The van der Waals surface area contributed by atoms with Gasteiger partial charge in [-0.3, -0.25) is 4.79 Å². The van der Waals surface area contributed by atoms with Crippen LogP contribution in [0.4, 0.5) is 11.6 Å². The van der Waals surface area contributed by atoms with Gasteiger partial charge in [0.15, 0.2) is 9.84 Å². The lowest BCUT2D eigenvalue weighted by atomic mass is 10.2. The number of nitriles is 1. The van der Waals surface area contributed by atoms with Crippen molar-refractivity contribution in [1.29, 1.82) is 5.26 Å². The number of aromatic nitrogens is 2. The fourth-order valence-electron chi connectivity index (χ4n) is 3.20. The average molecular weight is 399 g/mol. The summed E-state index contributed by atoms with van der Waals surface area (Å²) in [5, 5.41) is 11.6. The zero-order valence-electron chi connectivity index (χ0n) is 15.7. The molecule has 0 saturated carbocycles. The van der Waals surface area contributed by atoms with Gasteiger partial charge in [-0.25, -0.2) is 18.4 Å². The van der Waals surface area contributed by atoms with E-state index in [0.29, 0.717) is 35.9 Å². The summed E-state index contributed by atoms with van der Waals surface area (Å²) in [7, 11) is -3.04. The van der Waals surface area contributed by atoms with E-state index >= 15 is 0 Å². The highest BCUT2D eigenvalue weighted by molar-refractivity contribution is 7.91. The standard InChI is InChI=1S/C19H21N5O3S/c1-3-24(16-8-9-28(26,27)12-16)19-21-13(2)10-17(23-19)18(25)22-15-6-4-14(11-20)5-7-15/h4-7,10,16H,3,8-9,12H2,1-2H3,(H,22,25). The Balaban J connectivity index is 1.83. The van der Waals surface area contributed by atoms with Crippen LogP contribution in [0.1, 0.15) is 35.1 Å². The summed E-state index contributed by atoms with van der Waals surface area (Å²) in [6.07, 6.45) is 0.528. The second-order valence-electron chi connectivity index (χ2n) is 6.68. The monoisotopic (exact) mass is 399 g/mol. The van der Waals surface area contributed by atoms with Crippen LogP contribution in [-0.2, 0) is 9.84 Å². The minimum absolute atomic E-state index is 0.0743. The van der Waals surface area contributed by atoms with Gasteiger partial charge in [-0.1, -0.05) is 0 Å².